The minimum Gasteiger partial charge on any atom is -0.422 e. The van der Waals surface area contributed by atoms with Gasteiger partial charge in [0.05, 0.1) is 22.3 Å². The molecule has 10 heteroatoms. The molecule has 0 radical (unpaired) electrons. The topological polar surface area (TPSA) is 147 Å². The van der Waals surface area contributed by atoms with Crippen LogP contribution in [-0.2, 0) is 25.5 Å². The molecule has 1 aromatic rings. The van der Waals surface area contributed by atoms with Crippen molar-refractivity contribution in [3.63, 3.8) is 0 Å². The predicted molar refractivity (Wildman–Crippen MR) is 76.8 cm³/mol. The maximum atomic E-state index is 11.8. The molecule has 1 aromatic carbocycles. The Labute approximate surface area is 133 Å². The Morgan fingerprint density at radius 1 is 1.08 bits per heavy atom. The molecule has 0 spiro atoms. The predicted octanol–water partition coefficient (Wildman–Crippen LogP) is 1.18. The van der Waals surface area contributed by atoms with Crippen molar-refractivity contribution in [2.24, 2.45) is 0 Å². The molecule has 0 saturated heterocycles. The molecule has 0 unspecified atom stereocenters. The van der Waals surface area contributed by atoms with E-state index in [0.29, 0.717) is 0 Å². The number of hydrogen-bond acceptors (Lipinski definition) is 8. The summed E-state index contributed by atoms with van der Waals surface area (Å²) in [6.45, 7) is 0. The third-order valence-corrected chi connectivity index (χ3v) is 2.95. The second-order valence-electron chi connectivity index (χ2n) is 4.59. The summed E-state index contributed by atoms with van der Waals surface area (Å²) in [6, 6.07) is 2.78. The number of nitrogens with zero attached hydrogens (tertiary/aromatic N) is 2. The van der Waals surface area contributed by atoms with Gasteiger partial charge in [-0.25, -0.2) is 0 Å². The zero-order chi connectivity index (χ0) is 17.9. The fourth-order valence-corrected chi connectivity index (χ4v) is 1.87. The Kier molecular flexibility index (Phi) is 4.59. The quantitative estimate of drug-likeness (QED) is 0.338. The number of hydrogen-bond donors (Lipinski definition) is 0. The van der Waals surface area contributed by atoms with Crippen molar-refractivity contribution >= 4 is 28.9 Å². The van der Waals surface area contributed by atoms with Gasteiger partial charge in [0.2, 0.25) is 5.78 Å². The maximum absolute atomic E-state index is 11.8. The minimum atomic E-state index is -1.02. The first-order valence-electron chi connectivity index (χ1n) is 6.38. The number of rotatable bonds is 5. The van der Waals surface area contributed by atoms with Crippen LogP contribution in [0.15, 0.2) is 42.2 Å². The van der Waals surface area contributed by atoms with Crippen LogP contribution < -0.4 is 0 Å². The minimum absolute atomic E-state index is 0.124. The highest BCUT2D eigenvalue weighted by molar-refractivity contribution is 6.16. The molecule has 122 valence electrons. The second-order valence-corrected chi connectivity index (χ2v) is 4.59. The van der Waals surface area contributed by atoms with Gasteiger partial charge in [-0.15, -0.1) is 0 Å². The highest BCUT2D eigenvalue weighted by Crippen LogP contribution is 2.25. The zero-order valence-electron chi connectivity index (χ0n) is 11.8. The molecule has 0 bridgehead atoms. The summed E-state index contributed by atoms with van der Waals surface area (Å²) in [6.07, 6.45) is 2.15. The van der Waals surface area contributed by atoms with Crippen molar-refractivity contribution in [3.05, 3.63) is 68.0 Å². The van der Waals surface area contributed by atoms with E-state index in [1.165, 1.54) is 0 Å². The number of ether oxygens (including phenoxy) is 1. The fourth-order valence-electron chi connectivity index (χ4n) is 1.87. The van der Waals surface area contributed by atoms with Crippen molar-refractivity contribution in [2.45, 2.75) is 6.42 Å². The number of non-ortho nitro benzene ring substituents is 1. The Hall–Kier alpha value is -3.69. The third kappa shape index (κ3) is 3.74. The molecule has 24 heavy (non-hydrogen) atoms. The third-order valence-electron chi connectivity index (χ3n) is 2.95. The Morgan fingerprint density at radius 3 is 2.42 bits per heavy atom. The molecule has 0 saturated carbocycles. The van der Waals surface area contributed by atoms with Gasteiger partial charge in [0.25, 0.3) is 11.4 Å². The van der Waals surface area contributed by atoms with Crippen molar-refractivity contribution in [3.8, 4) is 0 Å². The second kappa shape index (κ2) is 6.60. The SMILES string of the molecule is O=C1C=CC(=O)C(OC(=O)Cc2ccc([N+](=O)[O-])cc2[N+](=O)[O-])=C1. The van der Waals surface area contributed by atoms with Gasteiger partial charge in [-0.1, -0.05) is 0 Å². The molecule has 0 amide bonds. The number of allylic oxidation sites excluding steroid dienone is 3. The Morgan fingerprint density at radius 2 is 1.79 bits per heavy atom. The first-order valence-corrected chi connectivity index (χ1v) is 6.38. The fraction of sp³-hybridized carbons (Fsp3) is 0.0714. The molecule has 0 aliphatic heterocycles. The lowest BCUT2D eigenvalue weighted by Crippen LogP contribution is -2.16. The van der Waals surface area contributed by atoms with E-state index < -0.39 is 50.9 Å². The van der Waals surface area contributed by atoms with Crippen LogP contribution in [0, 0.1) is 20.2 Å². The normalized spacial score (nSPS) is 13.4. The van der Waals surface area contributed by atoms with Crippen LogP contribution in [0.1, 0.15) is 5.56 Å². The largest absolute Gasteiger partial charge is 0.422 e. The lowest BCUT2D eigenvalue weighted by molar-refractivity contribution is -0.394. The number of carbonyl (C=O) groups is 3. The van der Waals surface area contributed by atoms with Crippen molar-refractivity contribution < 1.29 is 29.0 Å². The van der Waals surface area contributed by atoms with E-state index in [4.69, 9.17) is 4.74 Å². The van der Waals surface area contributed by atoms with Crippen LogP contribution in [0.2, 0.25) is 0 Å². The molecule has 0 atom stereocenters. The van der Waals surface area contributed by atoms with Crippen LogP contribution in [0.3, 0.4) is 0 Å². The lowest BCUT2D eigenvalue weighted by Gasteiger charge is -2.08. The van der Waals surface area contributed by atoms with E-state index in [1.54, 1.807) is 0 Å². The van der Waals surface area contributed by atoms with Crippen molar-refractivity contribution in [1.29, 1.82) is 0 Å². The van der Waals surface area contributed by atoms with E-state index in [-0.39, 0.29) is 5.56 Å². The van der Waals surface area contributed by atoms with E-state index in [1.807, 2.05) is 0 Å². The van der Waals surface area contributed by atoms with E-state index in [2.05, 4.69) is 0 Å². The monoisotopic (exact) mass is 332 g/mol. The molecule has 0 fully saturated rings. The van der Waals surface area contributed by atoms with E-state index in [0.717, 1.165) is 36.4 Å². The molecule has 0 aromatic heterocycles. The van der Waals surface area contributed by atoms with Crippen molar-refractivity contribution in [2.75, 3.05) is 0 Å². The molecule has 1 aliphatic rings. The summed E-state index contributed by atoms with van der Waals surface area (Å²) in [4.78, 5) is 54.4. The van der Waals surface area contributed by atoms with Gasteiger partial charge in [0.15, 0.2) is 11.5 Å². The standard InChI is InChI=1S/C14H8N2O8/c17-10-3-4-12(18)13(7-10)24-14(19)5-8-1-2-9(15(20)21)6-11(8)16(22)23/h1-4,6-7H,5H2. The Bertz CT molecular complexity index is 837. The van der Waals surface area contributed by atoms with E-state index >= 15 is 0 Å². The van der Waals surface area contributed by atoms with Crippen LogP contribution in [-0.4, -0.2) is 27.4 Å². The van der Waals surface area contributed by atoms with Gasteiger partial charge in [-0.3, -0.25) is 34.6 Å². The summed E-state index contributed by atoms with van der Waals surface area (Å²) in [5.74, 6) is -2.74. The number of benzene rings is 1. The number of nitro benzene ring substituents is 2. The smallest absolute Gasteiger partial charge is 0.316 e. The summed E-state index contributed by atoms with van der Waals surface area (Å²) in [5, 5.41) is 21.6. The van der Waals surface area contributed by atoms with Crippen LogP contribution in [0.25, 0.3) is 0 Å². The molecule has 2 rings (SSSR count). The first-order chi connectivity index (χ1) is 11.3. The number of nitro groups is 2. The zero-order valence-corrected chi connectivity index (χ0v) is 11.8. The average Bonchev–Trinajstić information content (AvgIpc) is 2.50. The van der Waals surface area contributed by atoms with Crippen LogP contribution in [0.4, 0.5) is 11.4 Å². The average molecular weight is 332 g/mol. The molecule has 10 nitrogen and oxygen atoms in total. The molecule has 1 aliphatic carbocycles. The summed E-state index contributed by atoms with van der Waals surface area (Å²) in [5.41, 5.74) is -1.25. The summed E-state index contributed by atoms with van der Waals surface area (Å²) < 4.78 is 4.73. The lowest BCUT2D eigenvalue weighted by atomic mass is 10.1. The first kappa shape index (κ1) is 16.7. The Balaban J connectivity index is 2.20. The van der Waals surface area contributed by atoms with Gasteiger partial charge >= 0.3 is 5.97 Å². The van der Waals surface area contributed by atoms with Crippen LogP contribution in [0.5, 0.6) is 0 Å². The molecule has 0 N–H and O–H groups in total. The van der Waals surface area contributed by atoms with E-state index in [9.17, 15) is 34.6 Å². The van der Waals surface area contributed by atoms with Crippen LogP contribution >= 0.6 is 0 Å². The number of ketones is 2. The molecular weight excluding hydrogens is 324 g/mol. The van der Waals surface area contributed by atoms with Gasteiger partial charge in [-0.2, -0.15) is 0 Å². The van der Waals surface area contributed by atoms with Gasteiger partial charge in [0.1, 0.15) is 0 Å². The van der Waals surface area contributed by atoms with Gasteiger partial charge in [-0.05, 0) is 18.2 Å². The van der Waals surface area contributed by atoms with Crippen molar-refractivity contribution in [1.82, 2.24) is 0 Å². The molecule has 0 heterocycles. The number of carbonyl (C=O) groups excluding carboxylic acids is 3. The van der Waals surface area contributed by atoms with Gasteiger partial charge < -0.3 is 4.74 Å². The number of esters is 1. The highest BCUT2D eigenvalue weighted by atomic mass is 16.6. The summed E-state index contributed by atoms with van der Waals surface area (Å²) >= 11 is 0. The maximum Gasteiger partial charge on any atom is 0.316 e. The van der Waals surface area contributed by atoms with Gasteiger partial charge in [0, 0.05) is 17.7 Å². The highest BCUT2D eigenvalue weighted by Gasteiger charge is 2.24. The molecular formula is C14H8N2O8. The summed E-state index contributed by atoms with van der Waals surface area (Å²) in [7, 11) is 0.